The lowest BCUT2D eigenvalue weighted by Crippen LogP contribution is -2.62. The number of carbonyl (C=O) groups is 2. The molecule has 0 radical (unpaired) electrons. The first-order valence-electron chi connectivity index (χ1n) is 10.1. The van der Waals surface area contributed by atoms with Crippen LogP contribution in [0.5, 0.6) is 0 Å². The lowest BCUT2D eigenvalue weighted by molar-refractivity contribution is -0.183. The normalized spacial score (nSPS) is 51.3. The second-order valence-corrected chi connectivity index (χ2v) is 9.70. The van der Waals surface area contributed by atoms with Gasteiger partial charge in [0.1, 0.15) is 12.2 Å². The second kappa shape index (κ2) is 5.85. The predicted molar refractivity (Wildman–Crippen MR) is 99.6 cm³/mol. The minimum absolute atomic E-state index is 0.00784. The lowest BCUT2D eigenvalue weighted by Gasteiger charge is -2.59. The van der Waals surface area contributed by atoms with E-state index in [1.54, 1.807) is 12.2 Å². The lowest BCUT2D eigenvalue weighted by atomic mass is 9.46. The molecule has 5 unspecified atom stereocenters. The van der Waals surface area contributed by atoms with Crippen molar-refractivity contribution < 1.29 is 24.9 Å². The molecule has 8 atom stereocenters. The van der Waals surface area contributed by atoms with Gasteiger partial charge in [0, 0.05) is 16.7 Å². The zero-order valence-electron chi connectivity index (χ0n) is 16.3. The summed E-state index contributed by atoms with van der Waals surface area (Å²) in [7, 11) is 0. The second-order valence-electron chi connectivity index (χ2n) is 9.70. The smallest absolute Gasteiger partial charge is 0.190 e. The van der Waals surface area contributed by atoms with Gasteiger partial charge >= 0.3 is 0 Å². The molecule has 0 aliphatic heterocycles. The van der Waals surface area contributed by atoms with Gasteiger partial charge in [-0.15, -0.1) is 0 Å². The molecule has 0 spiro atoms. The van der Waals surface area contributed by atoms with Crippen LogP contribution in [0.2, 0.25) is 0 Å². The number of hydrogen-bond acceptors (Lipinski definition) is 5. The molecule has 4 aliphatic carbocycles. The maximum Gasteiger partial charge on any atom is 0.190 e. The molecule has 3 saturated carbocycles. The molecule has 0 saturated heterocycles. The molecule has 5 nitrogen and oxygen atoms in total. The van der Waals surface area contributed by atoms with Crippen LogP contribution < -0.4 is 0 Å². The summed E-state index contributed by atoms with van der Waals surface area (Å²) in [6.45, 7) is 5.23. The Kier molecular flexibility index (Phi) is 4.12. The van der Waals surface area contributed by atoms with E-state index in [2.05, 4.69) is 6.92 Å². The van der Waals surface area contributed by atoms with E-state index in [1.807, 2.05) is 19.9 Å². The van der Waals surface area contributed by atoms with Gasteiger partial charge in [-0.25, -0.2) is 0 Å². The molecule has 3 N–H and O–H groups in total. The molecule has 4 rings (SSSR count). The van der Waals surface area contributed by atoms with Crippen molar-refractivity contribution >= 4 is 11.6 Å². The van der Waals surface area contributed by atoms with Crippen molar-refractivity contribution in [3.05, 3.63) is 23.8 Å². The maximum absolute atomic E-state index is 12.6. The minimum Gasteiger partial charge on any atom is -0.393 e. The third-order valence-electron chi connectivity index (χ3n) is 8.65. The summed E-state index contributed by atoms with van der Waals surface area (Å²) < 4.78 is 0. The van der Waals surface area contributed by atoms with Gasteiger partial charge in [-0.05, 0) is 55.6 Å². The van der Waals surface area contributed by atoms with Crippen LogP contribution in [0.4, 0.5) is 0 Å². The molecule has 0 aromatic carbocycles. The molecule has 27 heavy (non-hydrogen) atoms. The first kappa shape index (κ1) is 19.0. The summed E-state index contributed by atoms with van der Waals surface area (Å²) in [4.78, 5) is 24.4. The zero-order valence-corrected chi connectivity index (χ0v) is 16.3. The van der Waals surface area contributed by atoms with E-state index in [9.17, 15) is 24.9 Å². The van der Waals surface area contributed by atoms with E-state index >= 15 is 0 Å². The van der Waals surface area contributed by atoms with Crippen LogP contribution in [0.15, 0.2) is 23.8 Å². The van der Waals surface area contributed by atoms with Gasteiger partial charge in [-0.2, -0.15) is 0 Å². The fourth-order valence-corrected chi connectivity index (χ4v) is 7.37. The van der Waals surface area contributed by atoms with Gasteiger partial charge in [0.25, 0.3) is 0 Å². The minimum atomic E-state index is -1.60. The maximum atomic E-state index is 12.6. The van der Waals surface area contributed by atoms with Crippen molar-refractivity contribution in [3.8, 4) is 0 Å². The average molecular weight is 374 g/mol. The quantitative estimate of drug-likeness (QED) is 0.685. The first-order chi connectivity index (χ1) is 12.6. The van der Waals surface area contributed by atoms with Gasteiger partial charge < -0.3 is 15.3 Å². The van der Waals surface area contributed by atoms with Crippen LogP contribution in [-0.4, -0.2) is 45.2 Å². The fraction of sp³-hybridized carbons (Fsp3) is 0.727. The van der Waals surface area contributed by atoms with Crippen LogP contribution in [0.1, 0.15) is 46.5 Å². The van der Waals surface area contributed by atoms with Crippen molar-refractivity contribution in [1.82, 2.24) is 0 Å². The van der Waals surface area contributed by atoms with Crippen molar-refractivity contribution in [2.45, 2.75) is 58.2 Å². The summed E-state index contributed by atoms with van der Waals surface area (Å²) in [6, 6.07) is 0. The Morgan fingerprint density at radius 2 is 2.04 bits per heavy atom. The molecule has 0 heterocycles. The van der Waals surface area contributed by atoms with Gasteiger partial charge in [0.2, 0.25) is 0 Å². The largest absolute Gasteiger partial charge is 0.393 e. The summed E-state index contributed by atoms with van der Waals surface area (Å²) in [5, 5.41) is 32.1. The topological polar surface area (TPSA) is 94.8 Å². The molecular formula is C22H30O5. The molecule has 5 heteroatoms. The van der Waals surface area contributed by atoms with Crippen molar-refractivity contribution in [1.29, 1.82) is 0 Å². The van der Waals surface area contributed by atoms with Crippen LogP contribution >= 0.6 is 0 Å². The van der Waals surface area contributed by atoms with E-state index in [0.717, 1.165) is 18.4 Å². The Hall–Kier alpha value is -1.30. The van der Waals surface area contributed by atoms with Crippen molar-refractivity contribution in [2.24, 2.45) is 34.5 Å². The average Bonchev–Trinajstić information content (AvgIpc) is 2.82. The fourth-order valence-electron chi connectivity index (χ4n) is 7.37. The van der Waals surface area contributed by atoms with E-state index < -0.39 is 29.5 Å². The number of rotatable bonds is 2. The Balaban J connectivity index is 1.78. The van der Waals surface area contributed by atoms with E-state index in [0.29, 0.717) is 12.8 Å². The van der Waals surface area contributed by atoms with Crippen LogP contribution in [0, 0.1) is 34.5 Å². The third-order valence-corrected chi connectivity index (χ3v) is 8.65. The van der Waals surface area contributed by atoms with E-state index in [4.69, 9.17) is 0 Å². The third kappa shape index (κ3) is 2.22. The highest BCUT2D eigenvalue weighted by atomic mass is 16.3. The van der Waals surface area contributed by atoms with Crippen LogP contribution in [0.25, 0.3) is 0 Å². The first-order valence-corrected chi connectivity index (χ1v) is 10.1. The number of carbonyl (C=O) groups excluding carboxylic acids is 2. The number of fused-ring (bicyclic) bond motifs is 5. The summed E-state index contributed by atoms with van der Waals surface area (Å²) >= 11 is 0. The van der Waals surface area contributed by atoms with Crippen molar-refractivity contribution in [3.63, 3.8) is 0 Å². The standard InChI is InChI=1S/C22H30O5/c1-12-8-16-15-5-4-13-9-14(24)6-7-20(13,2)19(15)17(25)10-21(16,3)22(12,27)18(26)11-23/h6-7,9,12,15-17,19,23,25,27H,4-5,8,10-11H2,1-3H3/t12-,15?,16?,17+,19?,20?,21?,22+/m1/s1. The number of hydrogen-bond donors (Lipinski definition) is 3. The molecule has 3 fully saturated rings. The molecule has 4 aliphatic rings. The SMILES string of the molecule is C[C@@H]1CC2C3CCC4=CC(=O)C=CC4(C)C3[C@@H](O)CC2(C)[C@@]1(O)C(=O)CO. The Labute approximate surface area is 160 Å². The number of ketones is 2. The zero-order chi connectivity index (χ0) is 19.8. The van der Waals surface area contributed by atoms with Gasteiger partial charge in [0.05, 0.1) is 6.10 Å². The molecule has 0 aromatic heterocycles. The van der Waals surface area contributed by atoms with Crippen molar-refractivity contribution in [2.75, 3.05) is 6.61 Å². The summed E-state index contributed by atoms with van der Waals surface area (Å²) in [5.74, 6) is -0.539. The molecular weight excluding hydrogens is 344 g/mol. The van der Waals surface area contributed by atoms with Gasteiger partial charge in [-0.1, -0.05) is 32.4 Å². The molecule has 148 valence electrons. The Morgan fingerprint density at radius 1 is 1.33 bits per heavy atom. The van der Waals surface area contributed by atoms with Crippen LogP contribution in [-0.2, 0) is 9.59 Å². The Morgan fingerprint density at radius 3 is 2.70 bits per heavy atom. The highest BCUT2D eigenvalue weighted by Crippen LogP contribution is 2.68. The van der Waals surface area contributed by atoms with Gasteiger partial charge in [-0.3, -0.25) is 9.59 Å². The molecule has 0 aromatic rings. The number of allylic oxidation sites excluding steroid dienone is 4. The van der Waals surface area contributed by atoms with E-state index in [1.165, 1.54) is 0 Å². The number of aliphatic hydroxyl groups excluding tert-OH is 2. The highest BCUT2D eigenvalue weighted by Gasteiger charge is 2.70. The van der Waals surface area contributed by atoms with E-state index in [-0.39, 0.29) is 34.9 Å². The summed E-state index contributed by atoms with van der Waals surface area (Å²) in [6.07, 6.45) is 7.30. The number of Topliss-reactive ketones (excluding diaryl/α,β-unsaturated/α-hetero) is 1. The monoisotopic (exact) mass is 374 g/mol. The molecule has 0 bridgehead atoms. The predicted octanol–water partition coefficient (Wildman–Crippen LogP) is 1.80. The Bertz CT molecular complexity index is 754. The summed E-state index contributed by atoms with van der Waals surface area (Å²) in [5.41, 5.74) is -1.62. The van der Waals surface area contributed by atoms with Gasteiger partial charge in [0.15, 0.2) is 11.6 Å². The van der Waals surface area contributed by atoms with Crippen LogP contribution in [0.3, 0.4) is 0 Å². The molecule has 0 amide bonds. The number of aliphatic hydroxyl groups is 3. The highest BCUT2D eigenvalue weighted by molar-refractivity contribution is 6.01.